The van der Waals surface area contributed by atoms with E-state index in [0.717, 1.165) is 23.7 Å². The second-order valence-electron chi connectivity index (χ2n) is 4.66. The van der Waals surface area contributed by atoms with Crippen molar-refractivity contribution in [2.24, 2.45) is 0 Å². The highest BCUT2D eigenvalue weighted by Gasteiger charge is 2.11. The Hall–Kier alpha value is -2.57. The maximum atomic E-state index is 5.84. The number of nitrogens with zero attached hydrogens (tertiary/aromatic N) is 6. The molecule has 2 N–H and O–H groups in total. The summed E-state index contributed by atoms with van der Waals surface area (Å²) in [7, 11) is 1.99. The zero-order valence-electron chi connectivity index (χ0n) is 11.6. The molecule has 0 saturated carbocycles. The molecule has 3 aromatic heterocycles. The fourth-order valence-electron chi connectivity index (χ4n) is 2.18. The molecule has 0 amide bonds. The first kappa shape index (κ1) is 12.5. The number of nitrogen functional groups attached to an aromatic ring is 1. The minimum Gasteiger partial charge on any atom is -0.384 e. The molecule has 0 aliphatic carbocycles. The summed E-state index contributed by atoms with van der Waals surface area (Å²) in [4.78, 5) is 6.29. The first-order valence-corrected chi connectivity index (χ1v) is 6.51. The van der Waals surface area contributed by atoms with Crippen LogP contribution in [0.5, 0.6) is 0 Å². The maximum absolute atomic E-state index is 5.84. The minimum atomic E-state index is 0.485. The highest BCUT2D eigenvalue weighted by atomic mass is 15.3. The second-order valence-corrected chi connectivity index (χ2v) is 4.66. The van der Waals surface area contributed by atoms with Crippen molar-refractivity contribution in [3.05, 3.63) is 36.3 Å². The van der Waals surface area contributed by atoms with Gasteiger partial charge in [-0.15, -0.1) is 0 Å². The highest BCUT2D eigenvalue weighted by molar-refractivity contribution is 5.56. The van der Waals surface area contributed by atoms with E-state index in [0.29, 0.717) is 12.4 Å². The van der Waals surface area contributed by atoms with E-state index in [4.69, 9.17) is 5.73 Å². The molecule has 0 bridgehead atoms. The van der Waals surface area contributed by atoms with Gasteiger partial charge in [0.15, 0.2) is 5.65 Å². The van der Waals surface area contributed by atoms with Crippen LogP contribution in [0.4, 0.5) is 11.6 Å². The first-order chi connectivity index (χ1) is 9.67. The highest BCUT2D eigenvalue weighted by Crippen LogP contribution is 2.18. The predicted octanol–water partition coefficient (Wildman–Crippen LogP) is 1.16. The Morgan fingerprint density at radius 1 is 1.35 bits per heavy atom. The van der Waals surface area contributed by atoms with Crippen LogP contribution in [0.1, 0.15) is 12.6 Å². The van der Waals surface area contributed by atoms with Crippen LogP contribution < -0.4 is 10.6 Å². The molecule has 7 nitrogen and oxygen atoms in total. The van der Waals surface area contributed by atoms with Gasteiger partial charge in [0.05, 0.1) is 18.4 Å². The van der Waals surface area contributed by atoms with E-state index < -0.39 is 0 Å². The lowest BCUT2D eigenvalue weighted by Gasteiger charge is -2.19. The number of fused-ring (bicyclic) bond motifs is 1. The van der Waals surface area contributed by atoms with Crippen molar-refractivity contribution in [3.63, 3.8) is 0 Å². The van der Waals surface area contributed by atoms with Gasteiger partial charge < -0.3 is 10.6 Å². The molecule has 0 aliphatic heterocycles. The van der Waals surface area contributed by atoms with Gasteiger partial charge >= 0.3 is 0 Å². The molecule has 0 aliphatic rings. The van der Waals surface area contributed by atoms with Gasteiger partial charge in [-0.3, -0.25) is 4.68 Å². The fraction of sp³-hybridized carbons (Fsp3) is 0.308. The molecule has 3 heterocycles. The smallest absolute Gasteiger partial charge is 0.159 e. The number of aromatic nitrogens is 5. The molecular formula is C13H17N7. The van der Waals surface area contributed by atoms with Crippen LogP contribution in [0, 0.1) is 0 Å². The molecule has 0 aromatic carbocycles. The Labute approximate surface area is 116 Å². The number of aryl methyl sites for hydroxylation is 1. The molecule has 3 aromatic rings. The van der Waals surface area contributed by atoms with Crippen molar-refractivity contribution in [2.45, 2.75) is 20.0 Å². The molecule has 0 saturated heterocycles. The van der Waals surface area contributed by atoms with E-state index in [2.05, 4.69) is 27.0 Å². The SMILES string of the molecule is CCn1ccc(CN(C)c2cc(N)nc3ccnn23)n1. The summed E-state index contributed by atoms with van der Waals surface area (Å²) in [5, 5.41) is 8.76. The molecule has 0 spiro atoms. The average Bonchev–Trinajstić information content (AvgIpc) is 3.05. The van der Waals surface area contributed by atoms with Crippen LogP contribution >= 0.6 is 0 Å². The molecule has 0 atom stereocenters. The average molecular weight is 271 g/mol. The van der Waals surface area contributed by atoms with Gasteiger partial charge in [0, 0.05) is 31.9 Å². The van der Waals surface area contributed by atoms with Gasteiger partial charge in [-0.1, -0.05) is 0 Å². The maximum Gasteiger partial charge on any atom is 0.159 e. The zero-order valence-corrected chi connectivity index (χ0v) is 11.6. The number of rotatable bonds is 4. The summed E-state index contributed by atoms with van der Waals surface area (Å²) < 4.78 is 3.68. The van der Waals surface area contributed by atoms with Crippen molar-refractivity contribution < 1.29 is 0 Å². The Kier molecular flexibility index (Phi) is 3.02. The number of hydrogen-bond donors (Lipinski definition) is 1. The van der Waals surface area contributed by atoms with Gasteiger partial charge in [-0.25, -0.2) is 4.98 Å². The van der Waals surface area contributed by atoms with Crippen LogP contribution in [0.3, 0.4) is 0 Å². The third-order valence-corrected chi connectivity index (χ3v) is 3.17. The quantitative estimate of drug-likeness (QED) is 0.770. The van der Waals surface area contributed by atoms with Gasteiger partial charge in [-0.05, 0) is 13.0 Å². The van der Waals surface area contributed by atoms with Gasteiger partial charge in [0.25, 0.3) is 0 Å². The summed E-state index contributed by atoms with van der Waals surface area (Å²) in [6, 6.07) is 5.67. The largest absolute Gasteiger partial charge is 0.384 e. The lowest BCUT2D eigenvalue weighted by atomic mass is 10.4. The molecule has 3 rings (SSSR count). The van der Waals surface area contributed by atoms with Gasteiger partial charge in [0.1, 0.15) is 11.6 Å². The molecule has 0 unspecified atom stereocenters. The van der Waals surface area contributed by atoms with E-state index in [-0.39, 0.29) is 0 Å². The van der Waals surface area contributed by atoms with Crippen molar-refractivity contribution >= 4 is 17.3 Å². The molecular weight excluding hydrogens is 254 g/mol. The van der Waals surface area contributed by atoms with Crippen LogP contribution in [-0.2, 0) is 13.1 Å². The predicted molar refractivity (Wildman–Crippen MR) is 77.4 cm³/mol. The Balaban J connectivity index is 1.91. The van der Waals surface area contributed by atoms with E-state index in [9.17, 15) is 0 Å². The molecule has 20 heavy (non-hydrogen) atoms. The van der Waals surface area contributed by atoms with Crippen LogP contribution in [-0.4, -0.2) is 31.4 Å². The normalized spacial score (nSPS) is 11.1. The molecule has 104 valence electrons. The summed E-state index contributed by atoms with van der Waals surface area (Å²) in [5.41, 5.74) is 7.59. The lowest BCUT2D eigenvalue weighted by Crippen LogP contribution is -2.20. The minimum absolute atomic E-state index is 0.485. The third-order valence-electron chi connectivity index (χ3n) is 3.17. The monoisotopic (exact) mass is 271 g/mol. The third kappa shape index (κ3) is 2.18. The number of anilines is 2. The van der Waals surface area contributed by atoms with E-state index in [1.54, 1.807) is 10.7 Å². The van der Waals surface area contributed by atoms with Crippen LogP contribution in [0.2, 0.25) is 0 Å². The van der Waals surface area contributed by atoms with Crippen molar-refractivity contribution in [2.75, 3.05) is 17.7 Å². The summed E-state index contributed by atoms with van der Waals surface area (Å²) in [6.07, 6.45) is 3.69. The van der Waals surface area contributed by atoms with Crippen LogP contribution in [0.15, 0.2) is 30.6 Å². The fourth-order valence-corrected chi connectivity index (χ4v) is 2.18. The first-order valence-electron chi connectivity index (χ1n) is 6.51. The van der Waals surface area contributed by atoms with Gasteiger partial charge in [0.2, 0.25) is 0 Å². The summed E-state index contributed by atoms with van der Waals surface area (Å²) in [6.45, 7) is 3.62. The number of nitrogens with two attached hydrogens (primary N) is 1. The Bertz CT molecular complexity index is 727. The Morgan fingerprint density at radius 3 is 2.95 bits per heavy atom. The molecule has 0 fully saturated rings. The van der Waals surface area contributed by atoms with Gasteiger partial charge in [-0.2, -0.15) is 14.7 Å². The van der Waals surface area contributed by atoms with E-state index in [1.807, 2.05) is 36.1 Å². The molecule has 7 heteroatoms. The lowest BCUT2D eigenvalue weighted by molar-refractivity contribution is 0.643. The zero-order chi connectivity index (χ0) is 14.1. The topological polar surface area (TPSA) is 77.3 Å². The summed E-state index contributed by atoms with van der Waals surface area (Å²) in [5.74, 6) is 1.38. The number of hydrogen-bond acceptors (Lipinski definition) is 5. The van der Waals surface area contributed by atoms with Crippen molar-refractivity contribution in [3.8, 4) is 0 Å². The second kappa shape index (κ2) is 4.84. The van der Waals surface area contributed by atoms with Crippen LogP contribution in [0.25, 0.3) is 5.65 Å². The van der Waals surface area contributed by atoms with Crippen molar-refractivity contribution in [1.82, 2.24) is 24.4 Å². The van der Waals surface area contributed by atoms with E-state index in [1.165, 1.54) is 0 Å². The van der Waals surface area contributed by atoms with E-state index >= 15 is 0 Å². The standard InChI is InChI=1S/C13H17N7/c1-3-19-7-5-10(17-19)9-18(2)13-8-11(14)16-12-4-6-15-20(12)13/h4-8H,3,9H2,1-2H3,(H2,14,16). The summed E-state index contributed by atoms with van der Waals surface area (Å²) >= 11 is 0. The van der Waals surface area contributed by atoms with Crippen molar-refractivity contribution in [1.29, 1.82) is 0 Å². The Morgan fingerprint density at radius 2 is 2.20 bits per heavy atom. The molecule has 0 radical (unpaired) electrons.